The molecular formula is C40H46F2N4O4S. The Morgan fingerprint density at radius 3 is 2.61 bits per heavy atom. The van der Waals surface area contributed by atoms with Crippen LogP contribution in [0.25, 0.3) is 22.3 Å². The SMILES string of the molecule is CCOC(=O)CCc1cccc(C2(C)CCCC(C)(C)CS(=O)(=O)CCc3c(c(F)cc4[nH]ccc34)Cc3ccc(F)c(c3)-c3nc2nn3C)c1. The van der Waals surface area contributed by atoms with Crippen molar-refractivity contribution in [1.82, 2.24) is 19.7 Å². The zero-order chi connectivity index (χ0) is 36.6. The number of rotatable bonds is 5. The average molecular weight is 717 g/mol. The van der Waals surface area contributed by atoms with Gasteiger partial charge in [-0.15, -0.1) is 0 Å². The van der Waals surface area contributed by atoms with Crippen molar-refractivity contribution >= 4 is 26.7 Å². The minimum atomic E-state index is -3.53. The van der Waals surface area contributed by atoms with Crippen molar-refractivity contribution in [2.45, 2.75) is 78.1 Å². The molecule has 0 radical (unpaired) electrons. The predicted octanol–water partition coefficient (Wildman–Crippen LogP) is 7.80. The molecule has 51 heavy (non-hydrogen) atoms. The van der Waals surface area contributed by atoms with Gasteiger partial charge >= 0.3 is 5.97 Å². The lowest BCUT2D eigenvalue weighted by Gasteiger charge is -2.30. The summed E-state index contributed by atoms with van der Waals surface area (Å²) >= 11 is 0. The number of carbonyl (C=O) groups is 1. The van der Waals surface area contributed by atoms with Crippen molar-refractivity contribution in [3.8, 4) is 11.4 Å². The van der Waals surface area contributed by atoms with Crippen molar-refractivity contribution in [2.24, 2.45) is 12.5 Å². The molecule has 270 valence electrons. The highest BCUT2D eigenvalue weighted by Gasteiger charge is 2.36. The van der Waals surface area contributed by atoms with E-state index in [-0.39, 0.29) is 42.3 Å². The van der Waals surface area contributed by atoms with Gasteiger partial charge in [-0.1, -0.05) is 50.6 Å². The summed E-state index contributed by atoms with van der Waals surface area (Å²) in [4.78, 5) is 20.2. The standard InChI is InChI=1S/C40H46F2N4O4S/c1-6-50-36(47)14-12-26-9-7-10-28(21-26)40(4)18-8-17-39(2,3)25-51(48,49)20-16-29-30-15-19-43-35(30)24-34(42)31(29)22-27-11-13-33(41)32(23-27)37-44-38(40)45-46(37)5/h7,9-11,13,15,19,21,23-24,43H,6,8,12,14,16-18,20,22,25H2,1-5H3. The Labute approximate surface area is 298 Å². The van der Waals surface area contributed by atoms with Crippen LogP contribution in [0, 0.1) is 17.0 Å². The number of hydrogen-bond acceptors (Lipinski definition) is 6. The number of halogens is 2. The van der Waals surface area contributed by atoms with Crippen LogP contribution in [0.5, 0.6) is 0 Å². The first-order valence-corrected chi connectivity index (χ1v) is 19.4. The quantitative estimate of drug-likeness (QED) is 0.186. The second-order valence-electron chi connectivity index (χ2n) is 14.8. The molecule has 8 nitrogen and oxygen atoms in total. The van der Waals surface area contributed by atoms with Gasteiger partial charge in [0.1, 0.15) is 11.6 Å². The molecule has 4 bridgehead atoms. The summed E-state index contributed by atoms with van der Waals surface area (Å²) in [7, 11) is -1.79. The lowest BCUT2D eigenvalue weighted by Crippen LogP contribution is -2.29. The minimum Gasteiger partial charge on any atom is -0.466 e. The van der Waals surface area contributed by atoms with E-state index in [0.29, 0.717) is 66.1 Å². The first-order valence-electron chi connectivity index (χ1n) is 17.6. The van der Waals surface area contributed by atoms with Crippen molar-refractivity contribution in [3.63, 3.8) is 0 Å². The van der Waals surface area contributed by atoms with Gasteiger partial charge < -0.3 is 9.72 Å². The fraction of sp³-hybridized carbons (Fsp3) is 0.425. The van der Waals surface area contributed by atoms with Crippen molar-refractivity contribution in [3.05, 3.63) is 106 Å². The summed E-state index contributed by atoms with van der Waals surface area (Å²) in [6.45, 7) is 8.12. The number of hydrogen-bond donors (Lipinski definition) is 1. The van der Waals surface area contributed by atoms with Crippen molar-refractivity contribution < 1.29 is 26.7 Å². The monoisotopic (exact) mass is 716 g/mol. The summed E-state index contributed by atoms with van der Waals surface area (Å²) in [5.41, 5.74) is 3.18. The number of benzene rings is 3. The number of aryl methyl sites for hydroxylation is 3. The van der Waals surface area contributed by atoms with Crippen LogP contribution in [0.15, 0.2) is 60.8 Å². The summed E-state index contributed by atoms with van der Waals surface area (Å²) in [6, 6.07) is 16.0. The Bertz CT molecular complexity index is 2190. The highest BCUT2D eigenvalue weighted by molar-refractivity contribution is 7.91. The van der Waals surface area contributed by atoms with E-state index >= 15 is 8.78 Å². The van der Waals surface area contributed by atoms with E-state index in [1.54, 1.807) is 37.0 Å². The van der Waals surface area contributed by atoms with Crippen LogP contribution in [0.2, 0.25) is 0 Å². The third-order valence-corrected chi connectivity index (χ3v) is 12.3. The molecule has 6 rings (SSSR count). The van der Waals surface area contributed by atoms with E-state index in [4.69, 9.17) is 14.8 Å². The Morgan fingerprint density at radius 2 is 1.82 bits per heavy atom. The van der Waals surface area contributed by atoms with Crippen LogP contribution in [0.3, 0.4) is 0 Å². The second-order valence-corrected chi connectivity index (χ2v) is 17.0. The Hall–Kier alpha value is -4.38. The number of H-pyrrole nitrogens is 1. The smallest absolute Gasteiger partial charge is 0.306 e. The van der Waals surface area contributed by atoms with Gasteiger partial charge in [-0.2, -0.15) is 5.10 Å². The van der Waals surface area contributed by atoms with Crippen LogP contribution in [0.1, 0.15) is 87.0 Å². The lowest BCUT2D eigenvalue weighted by atomic mass is 9.75. The molecule has 3 heterocycles. The second kappa shape index (κ2) is 14.3. The highest BCUT2D eigenvalue weighted by atomic mass is 32.2. The van der Waals surface area contributed by atoms with Gasteiger partial charge in [0.05, 0.1) is 29.1 Å². The number of nitrogens with one attached hydrogen (secondary N) is 1. The highest BCUT2D eigenvalue weighted by Crippen LogP contribution is 2.39. The van der Waals surface area contributed by atoms with Gasteiger partial charge in [-0.3, -0.25) is 4.79 Å². The molecular weight excluding hydrogens is 671 g/mol. The number of carbonyl (C=O) groups excluding carboxylic acids is 1. The maximum Gasteiger partial charge on any atom is 0.306 e. The van der Waals surface area contributed by atoms with E-state index in [9.17, 15) is 13.2 Å². The van der Waals surface area contributed by atoms with Crippen LogP contribution in [-0.4, -0.2) is 52.2 Å². The maximum atomic E-state index is 15.8. The fourth-order valence-corrected chi connectivity index (χ4v) is 9.52. The lowest BCUT2D eigenvalue weighted by molar-refractivity contribution is -0.143. The van der Waals surface area contributed by atoms with E-state index in [0.717, 1.165) is 16.5 Å². The summed E-state index contributed by atoms with van der Waals surface area (Å²) < 4.78 is 65.6. The molecule has 11 heteroatoms. The molecule has 0 aliphatic carbocycles. The average Bonchev–Trinajstić information content (AvgIpc) is 3.70. The number of aromatic nitrogens is 4. The minimum absolute atomic E-state index is 0.00566. The molecule has 1 unspecified atom stereocenters. The summed E-state index contributed by atoms with van der Waals surface area (Å²) in [5, 5.41) is 5.64. The van der Waals surface area contributed by atoms with Crippen LogP contribution < -0.4 is 0 Å². The Balaban J connectivity index is 1.47. The number of aromatic amines is 1. The van der Waals surface area contributed by atoms with Crippen LogP contribution in [-0.2, 0) is 51.1 Å². The molecule has 5 aromatic rings. The fourth-order valence-electron chi connectivity index (χ4n) is 7.53. The van der Waals surface area contributed by atoms with Crippen molar-refractivity contribution in [1.29, 1.82) is 0 Å². The van der Waals surface area contributed by atoms with Gasteiger partial charge in [-0.05, 0) is 97.0 Å². The largest absolute Gasteiger partial charge is 0.466 e. The van der Waals surface area contributed by atoms with Gasteiger partial charge in [0.15, 0.2) is 21.5 Å². The topological polar surface area (TPSA) is 107 Å². The summed E-state index contributed by atoms with van der Waals surface area (Å²) in [6.07, 6.45) is 4.67. The number of ether oxygens (including phenoxy) is 1. The normalized spacial score (nSPS) is 19.2. The van der Waals surface area contributed by atoms with Gasteiger partial charge in [-0.25, -0.2) is 26.9 Å². The van der Waals surface area contributed by atoms with Gasteiger partial charge in [0.25, 0.3) is 0 Å². The molecule has 0 amide bonds. The summed E-state index contributed by atoms with van der Waals surface area (Å²) in [5.74, 6) is -0.447. The molecule has 0 saturated carbocycles. The number of esters is 1. The van der Waals surface area contributed by atoms with E-state index in [1.807, 2.05) is 38.1 Å². The van der Waals surface area contributed by atoms with Gasteiger partial charge in [0.2, 0.25) is 0 Å². The Kier molecular flexibility index (Phi) is 10.2. The third kappa shape index (κ3) is 7.93. The van der Waals surface area contributed by atoms with Gasteiger partial charge in [0, 0.05) is 37.0 Å². The van der Waals surface area contributed by atoms with E-state index in [2.05, 4.69) is 18.0 Å². The molecule has 0 fully saturated rings. The van der Waals surface area contributed by atoms with Crippen LogP contribution >= 0.6 is 0 Å². The van der Waals surface area contributed by atoms with Crippen LogP contribution in [0.4, 0.5) is 8.78 Å². The maximum absolute atomic E-state index is 15.8. The Morgan fingerprint density at radius 1 is 1.02 bits per heavy atom. The number of sulfone groups is 1. The number of fused-ring (bicyclic) bond motifs is 8. The molecule has 1 atom stereocenters. The predicted molar refractivity (Wildman–Crippen MR) is 195 cm³/mol. The first-order chi connectivity index (χ1) is 24.2. The molecule has 0 spiro atoms. The zero-order valence-corrected chi connectivity index (χ0v) is 30.8. The van der Waals surface area contributed by atoms with Crippen molar-refractivity contribution in [2.75, 3.05) is 18.1 Å². The van der Waals surface area contributed by atoms with E-state index in [1.165, 1.54) is 12.1 Å². The zero-order valence-electron chi connectivity index (χ0n) is 30.0. The molecule has 1 aliphatic rings. The third-order valence-electron chi connectivity index (χ3n) is 10.2. The number of nitrogens with zero attached hydrogens (tertiary/aromatic N) is 3. The molecule has 3 aromatic carbocycles. The molecule has 1 N–H and O–H groups in total. The molecule has 0 saturated heterocycles. The van der Waals surface area contributed by atoms with E-state index < -0.39 is 32.3 Å². The molecule has 2 aromatic heterocycles. The first kappa shape index (κ1) is 36.4. The molecule has 1 aliphatic heterocycles.